The molecule has 3 heterocycles. The van der Waals surface area contributed by atoms with Crippen LogP contribution >= 0.6 is 0 Å². The molecule has 0 bridgehead atoms. The van der Waals surface area contributed by atoms with Crippen molar-refractivity contribution in [1.29, 1.82) is 0 Å². The van der Waals surface area contributed by atoms with Crippen molar-refractivity contribution < 1.29 is 33.3 Å². The quantitative estimate of drug-likeness (QED) is 0.721. The fraction of sp³-hybridized carbons (Fsp3) is 0.579. The third-order valence-corrected chi connectivity index (χ3v) is 4.77. The van der Waals surface area contributed by atoms with Crippen LogP contribution in [0.3, 0.4) is 0 Å². The largest absolute Gasteiger partial charge is 0.454 e. The van der Waals surface area contributed by atoms with Gasteiger partial charge in [0.1, 0.15) is 6.10 Å². The highest BCUT2D eigenvalue weighted by atomic mass is 16.7. The average Bonchev–Trinajstić information content (AvgIpc) is 3.33. The van der Waals surface area contributed by atoms with Gasteiger partial charge in [0.25, 0.3) is 5.91 Å². The summed E-state index contributed by atoms with van der Waals surface area (Å²) >= 11 is 0. The van der Waals surface area contributed by atoms with E-state index in [9.17, 15) is 9.59 Å². The van der Waals surface area contributed by atoms with Gasteiger partial charge in [0, 0.05) is 25.9 Å². The first kappa shape index (κ1) is 18.1. The highest BCUT2D eigenvalue weighted by Gasteiger charge is 2.38. The van der Waals surface area contributed by atoms with Gasteiger partial charge in [-0.1, -0.05) is 6.07 Å². The SMILES string of the molecule is CC1(C)OC[C@H](CN(Cc2ccc3c(c2)OCO3)C(=O)[C@H]2CCC(=O)O2)O1. The summed E-state index contributed by atoms with van der Waals surface area (Å²) in [6.45, 7) is 4.99. The molecule has 0 spiro atoms. The van der Waals surface area contributed by atoms with Crippen molar-refractivity contribution in [3.8, 4) is 11.5 Å². The third-order valence-electron chi connectivity index (χ3n) is 4.77. The molecule has 0 aromatic heterocycles. The molecule has 3 aliphatic heterocycles. The molecule has 4 rings (SSSR count). The van der Waals surface area contributed by atoms with Gasteiger partial charge >= 0.3 is 5.97 Å². The van der Waals surface area contributed by atoms with Crippen molar-refractivity contribution >= 4 is 11.9 Å². The van der Waals surface area contributed by atoms with E-state index in [0.717, 1.165) is 5.56 Å². The second-order valence-corrected chi connectivity index (χ2v) is 7.37. The van der Waals surface area contributed by atoms with Gasteiger partial charge in [-0.25, -0.2) is 0 Å². The van der Waals surface area contributed by atoms with Crippen LogP contribution in [-0.4, -0.2) is 54.7 Å². The molecular weight excluding hydrogens is 354 g/mol. The van der Waals surface area contributed by atoms with E-state index in [1.165, 1.54) is 0 Å². The monoisotopic (exact) mass is 377 g/mol. The van der Waals surface area contributed by atoms with E-state index in [1.54, 1.807) is 4.90 Å². The number of carbonyl (C=O) groups excluding carboxylic acids is 2. The number of carbonyl (C=O) groups is 2. The van der Waals surface area contributed by atoms with Gasteiger partial charge in [-0.3, -0.25) is 9.59 Å². The highest BCUT2D eigenvalue weighted by molar-refractivity contribution is 5.86. The van der Waals surface area contributed by atoms with Crippen LogP contribution in [0.5, 0.6) is 11.5 Å². The first-order valence-electron chi connectivity index (χ1n) is 9.08. The van der Waals surface area contributed by atoms with E-state index < -0.39 is 11.9 Å². The maximum Gasteiger partial charge on any atom is 0.306 e. The molecule has 2 saturated heterocycles. The second kappa shape index (κ2) is 7.01. The van der Waals surface area contributed by atoms with Gasteiger partial charge in [-0.05, 0) is 31.5 Å². The normalized spacial score (nSPS) is 25.5. The first-order chi connectivity index (χ1) is 12.9. The number of amides is 1. The summed E-state index contributed by atoms with van der Waals surface area (Å²) in [4.78, 5) is 26.1. The molecule has 0 saturated carbocycles. The summed E-state index contributed by atoms with van der Waals surface area (Å²) in [5.41, 5.74) is 0.898. The molecule has 0 unspecified atom stereocenters. The van der Waals surface area contributed by atoms with Crippen molar-refractivity contribution in [2.75, 3.05) is 19.9 Å². The predicted octanol–water partition coefficient (Wildman–Crippen LogP) is 1.60. The fourth-order valence-electron chi connectivity index (χ4n) is 3.49. The van der Waals surface area contributed by atoms with E-state index in [0.29, 0.717) is 37.6 Å². The van der Waals surface area contributed by atoms with Crippen molar-refractivity contribution in [3.63, 3.8) is 0 Å². The van der Waals surface area contributed by atoms with Crippen LogP contribution in [0, 0.1) is 0 Å². The number of fused-ring (bicyclic) bond motifs is 1. The molecule has 1 aromatic rings. The first-order valence-corrected chi connectivity index (χ1v) is 9.08. The lowest BCUT2D eigenvalue weighted by Gasteiger charge is -2.28. The van der Waals surface area contributed by atoms with Crippen molar-refractivity contribution in [1.82, 2.24) is 4.90 Å². The van der Waals surface area contributed by atoms with Crippen LogP contribution in [0.15, 0.2) is 18.2 Å². The molecule has 27 heavy (non-hydrogen) atoms. The molecule has 2 fully saturated rings. The minimum absolute atomic E-state index is 0.196. The Labute approximate surface area is 157 Å². The standard InChI is InChI=1S/C19H23NO7/c1-19(2)25-10-13(27-19)9-20(18(22)15-5-6-17(21)26-15)8-12-3-4-14-16(7-12)24-11-23-14/h3-4,7,13,15H,5-6,8-11H2,1-2H3/t13-,15+/m0/s1. The molecule has 146 valence electrons. The molecule has 0 N–H and O–H groups in total. The van der Waals surface area contributed by atoms with Gasteiger partial charge in [-0.15, -0.1) is 0 Å². The number of hydrogen-bond acceptors (Lipinski definition) is 7. The number of ether oxygens (including phenoxy) is 5. The van der Waals surface area contributed by atoms with Crippen LogP contribution in [-0.2, 0) is 30.3 Å². The molecule has 2 atom stereocenters. The van der Waals surface area contributed by atoms with Crippen molar-refractivity contribution in [2.24, 2.45) is 0 Å². The van der Waals surface area contributed by atoms with Gasteiger partial charge in [0.15, 0.2) is 23.4 Å². The van der Waals surface area contributed by atoms with Crippen LogP contribution < -0.4 is 9.47 Å². The lowest BCUT2D eigenvalue weighted by molar-refractivity contribution is -0.157. The fourth-order valence-corrected chi connectivity index (χ4v) is 3.49. The predicted molar refractivity (Wildman–Crippen MR) is 92.0 cm³/mol. The van der Waals surface area contributed by atoms with E-state index >= 15 is 0 Å². The topological polar surface area (TPSA) is 83.5 Å². The van der Waals surface area contributed by atoms with E-state index in [-0.39, 0.29) is 31.2 Å². The number of hydrogen-bond donors (Lipinski definition) is 0. The van der Waals surface area contributed by atoms with Gasteiger partial charge < -0.3 is 28.6 Å². The number of benzene rings is 1. The maximum atomic E-state index is 13.0. The highest BCUT2D eigenvalue weighted by Crippen LogP contribution is 2.33. The number of cyclic esters (lactones) is 1. The van der Waals surface area contributed by atoms with Crippen LogP contribution in [0.2, 0.25) is 0 Å². The summed E-state index contributed by atoms with van der Waals surface area (Å²) in [7, 11) is 0. The molecule has 1 amide bonds. The zero-order valence-corrected chi connectivity index (χ0v) is 15.4. The molecule has 8 nitrogen and oxygen atoms in total. The van der Waals surface area contributed by atoms with Crippen LogP contribution in [0.4, 0.5) is 0 Å². The van der Waals surface area contributed by atoms with Crippen molar-refractivity contribution in [3.05, 3.63) is 23.8 Å². The Hall–Kier alpha value is -2.32. The molecule has 8 heteroatoms. The Morgan fingerprint density at radius 1 is 1.26 bits per heavy atom. The summed E-state index contributed by atoms with van der Waals surface area (Å²) in [5.74, 6) is 0.131. The van der Waals surface area contributed by atoms with E-state index in [2.05, 4.69) is 0 Å². The zero-order chi connectivity index (χ0) is 19.0. The molecular formula is C19H23NO7. The Balaban J connectivity index is 1.50. The summed E-state index contributed by atoms with van der Waals surface area (Å²) in [6.07, 6.45) is -0.301. The Bertz CT molecular complexity index is 748. The Kier molecular flexibility index (Phi) is 4.69. The third kappa shape index (κ3) is 4.01. The Morgan fingerprint density at radius 2 is 2.07 bits per heavy atom. The average molecular weight is 377 g/mol. The number of rotatable bonds is 5. The van der Waals surface area contributed by atoms with E-state index in [4.69, 9.17) is 23.7 Å². The van der Waals surface area contributed by atoms with E-state index in [1.807, 2.05) is 32.0 Å². The lowest BCUT2D eigenvalue weighted by Crippen LogP contribution is -2.43. The van der Waals surface area contributed by atoms with Crippen LogP contribution in [0.25, 0.3) is 0 Å². The molecule has 3 aliphatic rings. The minimum Gasteiger partial charge on any atom is -0.454 e. The maximum absolute atomic E-state index is 13.0. The summed E-state index contributed by atoms with van der Waals surface area (Å²) in [5, 5.41) is 0. The van der Waals surface area contributed by atoms with Gasteiger partial charge in [0.05, 0.1) is 6.61 Å². The van der Waals surface area contributed by atoms with Crippen molar-refractivity contribution in [2.45, 2.75) is 51.2 Å². The Morgan fingerprint density at radius 3 is 2.78 bits per heavy atom. The molecule has 1 aromatic carbocycles. The lowest BCUT2D eigenvalue weighted by atomic mass is 10.1. The van der Waals surface area contributed by atoms with Gasteiger partial charge in [-0.2, -0.15) is 0 Å². The molecule has 0 radical (unpaired) electrons. The second-order valence-electron chi connectivity index (χ2n) is 7.37. The van der Waals surface area contributed by atoms with Gasteiger partial charge in [0.2, 0.25) is 6.79 Å². The smallest absolute Gasteiger partial charge is 0.306 e. The molecule has 0 aliphatic carbocycles. The summed E-state index contributed by atoms with van der Waals surface area (Å²) in [6, 6.07) is 5.58. The number of esters is 1. The minimum atomic E-state index is -0.734. The summed E-state index contributed by atoms with van der Waals surface area (Å²) < 4.78 is 27.4. The zero-order valence-electron chi connectivity index (χ0n) is 15.4. The number of nitrogens with zero attached hydrogens (tertiary/aromatic N) is 1. The van der Waals surface area contributed by atoms with Crippen LogP contribution in [0.1, 0.15) is 32.3 Å².